The van der Waals surface area contributed by atoms with Gasteiger partial charge in [0.1, 0.15) is 11.3 Å². The number of esters is 1. The van der Waals surface area contributed by atoms with E-state index in [1.54, 1.807) is 6.07 Å². The Kier molecular flexibility index (Phi) is 3.85. The third kappa shape index (κ3) is 3.06. The molecule has 15 heavy (non-hydrogen) atoms. The molecular weight excluding hydrogens is 264 g/mol. The zero-order valence-electron chi connectivity index (χ0n) is 7.99. The number of benzene rings is 1. The molecule has 5 heteroatoms. The van der Waals surface area contributed by atoms with Gasteiger partial charge in [-0.15, -0.1) is 0 Å². The zero-order chi connectivity index (χ0) is 11.4. The molecule has 0 heterocycles. The summed E-state index contributed by atoms with van der Waals surface area (Å²) in [6, 6.07) is 4.60. The first-order valence-electron chi connectivity index (χ1n) is 4.15. The third-order valence-corrected chi connectivity index (χ3v) is 2.33. The second-order valence-corrected chi connectivity index (χ2v) is 3.42. The van der Waals surface area contributed by atoms with Crippen LogP contribution < -0.4 is 4.74 Å². The third-order valence-electron chi connectivity index (χ3n) is 1.68. The molecule has 0 aliphatic heterocycles. The predicted molar refractivity (Wildman–Crippen MR) is 57.3 cm³/mol. The van der Waals surface area contributed by atoms with E-state index in [1.807, 2.05) is 0 Å². The number of carboxylic acid groups (broad SMARTS) is 1. The summed E-state index contributed by atoms with van der Waals surface area (Å²) < 4.78 is 4.81. The summed E-state index contributed by atoms with van der Waals surface area (Å²) >= 11 is 3.23. The minimum atomic E-state index is -1.12. The van der Waals surface area contributed by atoms with Crippen LogP contribution in [0.15, 0.2) is 18.2 Å². The van der Waals surface area contributed by atoms with Crippen molar-refractivity contribution >= 4 is 27.9 Å². The largest absolute Gasteiger partial charge is 0.478 e. The smallest absolute Gasteiger partial charge is 0.339 e. The minimum absolute atomic E-state index is 0.0186. The van der Waals surface area contributed by atoms with E-state index in [0.717, 1.165) is 5.56 Å². The Morgan fingerprint density at radius 2 is 2.13 bits per heavy atom. The molecule has 0 atom stereocenters. The van der Waals surface area contributed by atoms with Gasteiger partial charge >= 0.3 is 11.9 Å². The maximum atomic E-state index is 10.8. The molecule has 1 aromatic carbocycles. The van der Waals surface area contributed by atoms with Crippen molar-refractivity contribution in [2.24, 2.45) is 0 Å². The van der Waals surface area contributed by atoms with Gasteiger partial charge in [-0.05, 0) is 17.7 Å². The van der Waals surface area contributed by atoms with E-state index in [9.17, 15) is 9.59 Å². The van der Waals surface area contributed by atoms with Crippen molar-refractivity contribution < 1.29 is 19.4 Å². The van der Waals surface area contributed by atoms with Crippen molar-refractivity contribution in [1.29, 1.82) is 0 Å². The summed E-state index contributed by atoms with van der Waals surface area (Å²) in [5, 5.41) is 9.41. The summed E-state index contributed by atoms with van der Waals surface area (Å²) in [5.41, 5.74) is 0.825. The molecule has 1 rings (SSSR count). The van der Waals surface area contributed by atoms with Crippen LogP contribution in [0.25, 0.3) is 0 Å². The van der Waals surface area contributed by atoms with E-state index in [2.05, 4.69) is 15.9 Å². The van der Waals surface area contributed by atoms with Crippen molar-refractivity contribution in [2.45, 2.75) is 12.3 Å². The maximum Gasteiger partial charge on any atom is 0.339 e. The van der Waals surface area contributed by atoms with Gasteiger partial charge in [-0.25, -0.2) is 4.79 Å². The quantitative estimate of drug-likeness (QED) is 0.521. The fourth-order valence-corrected chi connectivity index (χ4v) is 1.41. The number of ether oxygens (including phenoxy) is 1. The molecule has 0 aromatic heterocycles. The lowest BCUT2D eigenvalue weighted by Gasteiger charge is -2.06. The SMILES string of the molecule is CC(=O)Oc1cc(CBr)ccc1C(=O)O. The standard InChI is InChI=1S/C10H9BrO4/c1-6(12)15-9-4-7(5-11)2-3-8(9)10(13)14/h2-4H,5H2,1H3,(H,13,14). The van der Waals surface area contributed by atoms with E-state index in [4.69, 9.17) is 9.84 Å². The van der Waals surface area contributed by atoms with Crippen molar-refractivity contribution in [3.05, 3.63) is 29.3 Å². The lowest BCUT2D eigenvalue weighted by atomic mass is 10.1. The van der Waals surface area contributed by atoms with E-state index in [-0.39, 0.29) is 11.3 Å². The highest BCUT2D eigenvalue weighted by atomic mass is 79.9. The van der Waals surface area contributed by atoms with Crippen LogP contribution >= 0.6 is 15.9 Å². The van der Waals surface area contributed by atoms with E-state index in [0.29, 0.717) is 5.33 Å². The number of hydrogen-bond acceptors (Lipinski definition) is 3. The fraction of sp³-hybridized carbons (Fsp3) is 0.200. The number of carbonyl (C=O) groups excluding carboxylic acids is 1. The highest BCUT2D eigenvalue weighted by molar-refractivity contribution is 9.08. The topological polar surface area (TPSA) is 63.6 Å². The van der Waals surface area contributed by atoms with Crippen molar-refractivity contribution in [2.75, 3.05) is 0 Å². The summed E-state index contributed by atoms with van der Waals surface area (Å²) in [7, 11) is 0. The molecule has 0 saturated heterocycles. The highest BCUT2D eigenvalue weighted by Gasteiger charge is 2.13. The normalized spacial score (nSPS) is 9.73. The molecule has 0 radical (unpaired) electrons. The van der Waals surface area contributed by atoms with Gasteiger partial charge in [0.15, 0.2) is 0 Å². The molecule has 0 amide bonds. The van der Waals surface area contributed by atoms with Gasteiger partial charge in [0.25, 0.3) is 0 Å². The lowest BCUT2D eigenvalue weighted by Crippen LogP contribution is -2.07. The molecular formula is C10H9BrO4. The molecule has 0 bridgehead atoms. The first kappa shape index (κ1) is 11.7. The van der Waals surface area contributed by atoms with Crippen LogP contribution in [0, 0.1) is 0 Å². The van der Waals surface area contributed by atoms with E-state index in [1.165, 1.54) is 19.1 Å². The molecule has 0 fully saturated rings. The van der Waals surface area contributed by atoms with Crippen LogP contribution in [0.2, 0.25) is 0 Å². The Balaban J connectivity index is 3.16. The van der Waals surface area contributed by atoms with Gasteiger partial charge in [0.2, 0.25) is 0 Å². The van der Waals surface area contributed by atoms with Gasteiger partial charge in [-0.1, -0.05) is 22.0 Å². The van der Waals surface area contributed by atoms with Gasteiger partial charge in [-0.3, -0.25) is 4.79 Å². The molecule has 0 aliphatic carbocycles. The lowest BCUT2D eigenvalue weighted by molar-refractivity contribution is -0.131. The summed E-state index contributed by atoms with van der Waals surface area (Å²) in [6.45, 7) is 1.23. The van der Waals surface area contributed by atoms with Crippen LogP contribution in [-0.2, 0) is 10.1 Å². The summed E-state index contributed by atoms with van der Waals surface area (Å²) in [5.74, 6) is -1.58. The second kappa shape index (κ2) is 4.93. The Morgan fingerprint density at radius 1 is 1.47 bits per heavy atom. The average Bonchev–Trinajstić information content (AvgIpc) is 2.16. The average molecular weight is 273 g/mol. The summed E-state index contributed by atoms with van der Waals surface area (Å²) in [4.78, 5) is 21.6. The maximum absolute atomic E-state index is 10.8. The number of carbonyl (C=O) groups is 2. The van der Waals surface area contributed by atoms with Crippen LogP contribution in [0.3, 0.4) is 0 Å². The first-order chi connectivity index (χ1) is 7.04. The van der Waals surface area contributed by atoms with Crippen molar-refractivity contribution in [3.63, 3.8) is 0 Å². The highest BCUT2D eigenvalue weighted by Crippen LogP contribution is 2.22. The second-order valence-electron chi connectivity index (χ2n) is 2.86. The number of aromatic carboxylic acids is 1. The van der Waals surface area contributed by atoms with Crippen LogP contribution in [0.5, 0.6) is 5.75 Å². The minimum Gasteiger partial charge on any atom is -0.478 e. The van der Waals surface area contributed by atoms with Crippen molar-refractivity contribution in [1.82, 2.24) is 0 Å². The van der Waals surface area contributed by atoms with E-state index < -0.39 is 11.9 Å². The molecule has 0 unspecified atom stereocenters. The number of alkyl halides is 1. The van der Waals surface area contributed by atoms with Gasteiger partial charge in [-0.2, -0.15) is 0 Å². The molecule has 1 aromatic rings. The monoisotopic (exact) mass is 272 g/mol. The number of carboxylic acids is 1. The molecule has 0 saturated carbocycles. The molecule has 4 nitrogen and oxygen atoms in total. The van der Waals surface area contributed by atoms with Gasteiger partial charge < -0.3 is 9.84 Å². The molecule has 0 aliphatic rings. The molecule has 0 spiro atoms. The first-order valence-corrected chi connectivity index (χ1v) is 5.27. The molecule has 1 N–H and O–H groups in total. The predicted octanol–water partition coefficient (Wildman–Crippen LogP) is 2.20. The Hall–Kier alpha value is -1.36. The number of rotatable bonds is 3. The van der Waals surface area contributed by atoms with E-state index >= 15 is 0 Å². The summed E-state index contributed by atoms with van der Waals surface area (Å²) in [6.07, 6.45) is 0. The van der Waals surface area contributed by atoms with Crippen LogP contribution in [0.4, 0.5) is 0 Å². The van der Waals surface area contributed by atoms with Crippen LogP contribution in [0.1, 0.15) is 22.8 Å². The van der Waals surface area contributed by atoms with Gasteiger partial charge in [0.05, 0.1) is 0 Å². The Labute approximate surface area is 95.0 Å². The number of hydrogen-bond donors (Lipinski definition) is 1. The Bertz CT molecular complexity index is 400. The molecule has 80 valence electrons. The van der Waals surface area contributed by atoms with Crippen molar-refractivity contribution in [3.8, 4) is 5.75 Å². The Morgan fingerprint density at radius 3 is 2.60 bits per heavy atom. The fourth-order valence-electron chi connectivity index (χ4n) is 1.07. The van der Waals surface area contributed by atoms with Gasteiger partial charge in [0, 0.05) is 12.3 Å². The zero-order valence-corrected chi connectivity index (χ0v) is 9.58. The van der Waals surface area contributed by atoms with Crippen LogP contribution in [-0.4, -0.2) is 17.0 Å². The number of halogens is 1.